The SMILES string of the molecule is COc1cc([C@@H]2C(C(=O)c3cccs3)=C(O)C(=O)N2CCN2CCOCC2)cc(OC)c1OC. The van der Waals surface area contributed by atoms with Gasteiger partial charge in [0, 0.05) is 26.2 Å². The molecule has 182 valence electrons. The summed E-state index contributed by atoms with van der Waals surface area (Å²) in [7, 11) is 4.51. The number of carbonyl (C=O) groups excluding carboxylic acids is 2. The highest BCUT2D eigenvalue weighted by Gasteiger charge is 2.44. The zero-order valence-electron chi connectivity index (χ0n) is 19.4. The first kappa shape index (κ1) is 24.1. The Morgan fingerprint density at radius 1 is 1.12 bits per heavy atom. The number of methoxy groups -OCH3 is 3. The van der Waals surface area contributed by atoms with E-state index in [0.717, 1.165) is 13.1 Å². The molecule has 2 aromatic rings. The number of aliphatic hydroxyl groups is 1. The Kier molecular flexibility index (Phi) is 7.40. The molecule has 1 saturated heterocycles. The number of ether oxygens (including phenoxy) is 4. The monoisotopic (exact) mass is 488 g/mol. The number of morpholine rings is 1. The van der Waals surface area contributed by atoms with Gasteiger partial charge in [-0.15, -0.1) is 11.3 Å². The lowest BCUT2D eigenvalue weighted by Crippen LogP contribution is -2.43. The lowest BCUT2D eigenvalue weighted by molar-refractivity contribution is -0.129. The summed E-state index contributed by atoms with van der Waals surface area (Å²) in [6.07, 6.45) is 0. The van der Waals surface area contributed by atoms with E-state index in [9.17, 15) is 14.7 Å². The van der Waals surface area contributed by atoms with Crippen LogP contribution in [-0.4, -0.2) is 87.3 Å². The number of benzene rings is 1. The minimum Gasteiger partial charge on any atom is -0.503 e. The van der Waals surface area contributed by atoms with E-state index in [1.54, 1.807) is 29.6 Å². The quantitative estimate of drug-likeness (QED) is 0.538. The number of hydrogen-bond acceptors (Lipinski definition) is 9. The highest BCUT2D eigenvalue weighted by Crippen LogP contribution is 2.45. The fourth-order valence-electron chi connectivity index (χ4n) is 4.34. The largest absolute Gasteiger partial charge is 0.503 e. The number of hydrogen-bond donors (Lipinski definition) is 1. The lowest BCUT2D eigenvalue weighted by atomic mass is 9.94. The molecule has 1 aromatic heterocycles. The minimum absolute atomic E-state index is 0.0451. The second-order valence-electron chi connectivity index (χ2n) is 7.88. The smallest absolute Gasteiger partial charge is 0.290 e. The number of Topliss-reactive ketones (excluding diaryl/α,β-unsaturated/α-hetero) is 1. The predicted molar refractivity (Wildman–Crippen MR) is 126 cm³/mol. The van der Waals surface area contributed by atoms with Gasteiger partial charge in [0.25, 0.3) is 5.91 Å². The first-order chi connectivity index (χ1) is 16.5. The van der Waals surface area contributed by atoms with Gasteiger partial charge in [-0.2, -0.15) is 0 Å². The van der Waals surface area contributed by atoms with Crippen molar-refractivity contribution >= 4 is 23.0 Å². The van der Waals surface area contributed by atoms with Crippen molar-refractivity contribution in [1.82, 2.24) is 9.80 Å². The van der Waals surface area contributed by atoms with Crippen LogP contribution in [0.4, 0.5) is 0 Å². The summed E-state index contributed by atoms with van der Waals surface area (Å²) in [6, 6.07) is 6.05. The molecule has 0 radical (unpaired) electrons. The summed E-state index contributed by atoms with van der Waals surface area (Å²) in [5.41, 5.74) is 0.623. The molecule has 1 fully saturated rings. The van der Waals surface area contributed by atoms with Gasteiger partial charge in [0.05, 0.1) is 51.0 Å². The van der Waals surface area contributed by atoms with E-state index in [4.69, 9.17) is 18.9 Å². The standard InChI is InChI=1S/C24H28N2O7S/c1-30-16-13-15(14-17(31-2)23(16)32-3)20-19(21(27)18-5-4-12-34-18)22(28)24(29)26(20)7-6-25-8-10-33-11-9-25/h4-5,12-14,20,28H,6-11H2,1-3H3/t20-/m1/s1. The van der Waals surface area contributed by atoms with Crippen molar-refractivity contribution in [3.8, 4) is 17.2 Å². The Morgan fingerprint density at radius 2 is 1.79 bits per heavy atom. The van der Waals surface area contributed by atoms with Gasteiger partial charge >= 0.3 is 0 Å². The molecule has 9 nitrogen and oxygen atoms in total. The lowest BCUT2D eigenvalue weighted by Gasteiger charge is -2.32. The second kappa shape index (κ2) is 10.5. The van der Waals surface area contributed by atoms with E-state index >= 15 is 0 Å². The average molecular weight is 489 g/mol. The molecule has 10 heteroatoms. The molecule has 1 N–H and O–H groups in total. The van der Waals surface area contributed by atoms with Crippen LogP contribution in [0.1, 0.15) is 21.3 Å². The second-order valence-corrected chi connectivity index (χ2v) is 8.83. The van der Waals surface area contributed by atoms with Gasteiger partial charge in [0.1, 0.15) is 0 Å². The summed E-state index contributed by atoms with van der Waals surface area (Å²) in [4.78, 5) is 30.8. The van der Waals surface area contributed by atoms with E-state index in [1.165, 1.54) is 37.6 Å². The Bertz CT molecular complexity index is 1050. The molecular formula is C24H28N2O7S. The van der Waals surface area contributed by atoms with Crippen LogP contribution in [-0.2, 0) is 9.53 Å². The fraction of sp³-hybridized carbons (Fsp3) is 0.417. The molecule has 0 bridgehead atoms. The zero-order chi connectivity index (χ0) is 24.2. The molecule has 0 saturated carbocycles. The number of ketones is 1. The van der Waals surface area contributed by atoms with Crippen molar-refractivity contribution in [2.45, 2.75) is 6.04 Å². The molecule has 0 aliphatic carbocycles. The molecule has 4 rings (SSSR count). The average Bonchev–Trinajstić information content (AvgIpc) is 3.49. The maximum Gasteiger partial charge on any atom is 0.290 e. The van der Waals surface area contributed by atoms with E-state index in [-0.39, 0.29) is 11.4 Å². The Hall–Kier alpha value is -3.08. The topological polar surface area (TPSA) is 97.8 Å². The molecule has 2 aliphatic heterocycles. The molecule has 0 spiro atoms. The third-order valence-electron chi connectivity index (χ3n) is 6.06. The fourth-order valence-corrected chi connectivity index (χ4v) is 5.01. The Balaban J connectivity index is 1.77. The first-order valence-electron chi connectivity index (χ1n) is 10.9. The first-order valence-corrected chi connectivity index (χ1v) is 11.8. The van der Waals surface area contributed by atoms with Crippen molar-refractivity contribution in [3.63, 3.8) is 0 Å². The molecule has 34 heavy (non-hydrogen) atoms. The van der Waals surface area contributed by atoms with Crippen molar-refractivity contribution in [2.75, 3.05) is 60.7 Å². The molecule has 1 atom stereocenters. The predicted octanol–water partition coefficient (Wildman–Crippen LogP) is 2.68. The summed E-state index contributed by atoms with van der Waals surface area (Å²) >= 11 is 1.26. The molecule has 0 unspecified atom stereocenters. The van der Waals surface area contributed by atoms with E-state index in [2.05, 4.69) is 4.90 Å². The maximum atomic E-state index is 13.4. The number of nitrogens with zero attached hydrogens (tertiary/aromatic N) is 2. The van der Waals surface area contributed by atoms with Gasteiger partial charge < -0.3 is 29.0 Å². The van der Waals surface area contributed by atoms with Crippen LogP contribution < -0.4 is 14.2 Å². The third-order valence-corrected chi connectivity index (χ3v) is 6.93. The molecule has 1 aromatic carbocycles. The summed E-state index contributed by atoms with van der Waals surface area (Å²) in [5.74, 6) is -0.296. The van der Waals surface area contributed by atoms with Crippen LogP contribution in [0.5, 0.6) is 17.2 Å². The number of amides is 1. The van der Waals surface area contributed by atoms with Gasteiger partial charge in [-0.25, -0.2) is 0 Å². The van der Waals surface area contributed by atoms with Crippen LogP contribution in [0.2, 0.25) is 0 Å². The third kappa shape index (κ3) is 4.48. The van der Waals surface area contributed by atoms with Crippen molar-refractivity contribution in [2.24, 2.45) is 0 Å². The van der Waals surface area contributed by atoms with E-state index < -0.39 is 17.7 Å². The van der Waals surface area contributed by atoms with Gasteiger partial charge in [0.15, 0.2) is 17.3 Å². The molecule has 3 heterocycles. The Morgan fingerprint density at radius 3 is 2.35 bits per heavy atom. The normalized spacial score (nSPS) is 19.0. The summed E-state index contributed by atoms with van der Waals surface area (Å²) < 4.78 is 21.8. The highest BCUT2D eigenvalue weighted by molar-refractivity contribution is 7.12. The van der Waals surface area contributed by atoms with E-state index in [1.807, 2.05) is 0 Å². The Labute approximate surface area is 202 Å². The van der Waals surface area contributed by atoms with Crippen molar-refractivity contribution < 1.29 is 33.6 Å². The van der Waals surface area contributed by atoms with Gasteiger partial charge in [-0.05, 0) is 29.1 Å². The maximum absolute atomic E-state index is 13.4. The molecular weight excluding hydrogens is 460 g/mol. The van der Waals surface area contributed by atoms with Crippen molar-refractivity contribution in [3.05, 3.63) is 51.4 Å². The molecule has 2 aliphatic rings. The van der Waals surface area contributed by atoms with Gasteiger partial charge in [-0.3, -0.25) is 14.5 Å². The van der Waals surface area contributed by atoms with Crippen LogP contribution in [0.3, 0.4) is 0 Å². The number of aliphatic hydroxyl groups excluding tert-OH is 1. The minimum atomic E-state index is -0.808. The number of thiophene rings is 1. The van der Waals surface area contributed by atoms with E-state index in [0.29, 0.717) is 54.0 Å². The van der Waals surface area contributed by atoms with Gasteiger partial charge in [-0.1, -0.05) is 6.07 Å². The number of rotatable bonds is 9. The van der Waals surface area contributed by atoms with Crippen LogP contribution in [0.25, 0.3) is 0 Å². The molecule has 1 amide bonds. The van der Waals surface area contributed by atoms with Gasteiger partial charge in [0.2, 0.25) is 11.5 Å². The highest BCUT2D eigenvalue weighted by atomic mass is 32.1. The number of carbonyl (C=O) groups is 2. The summed E-state index contributed by atoms with van der Waals surface area (Å²) in [5, 5.41) is 12.7. The van der Waals surface area contributed by atoms with Crippen LogP contribution in [0, 0.1) is 0 Å². The van der Waals surface area contributed by atoms with Crippen molar-refractivity contribution in [1.29, 1.82) is 0 Å². The van der Waals surface area contributed by atoms with Crippen LogP contribution in [0.15, 0.2) is 41.0 Å². The van der Waals surface area contributed by atoms with Crippen LogP contribution >= 0.6 is 11.3 Å². The zero-order valence-corrected chi connectivity index (χ0v) is 20.2. The summed E-state index contributed by atoms with van der Waals surface area (Å²) in [6.45, 7) is 3.70.